The number of nitrogens with one attached hydrogen (secondary N) is 1. The summed E-state index contributed by atoms with van der Waals surface area (Å²) in [5.41, 5.74) is 2.55. The number of para-hydroxylation sites is 2. The molecule has 154 valence electrons. The smallest absolute Gasteiger partial charge is 0.237 e. The molecule has 0 saturated carbocycles. The SMILES string of the molecule is C[C@@H]1CC(=O)Nc2ccccc2N1C(=O)CSc1nnc(Cc2ccccc2)n1C. The second kappa shape index (κ2) is 8.71. The first kappa shape index (κ1) is 20.2. The van der Waals surface area contributed by atoms with Crippen molar-refractivity contribution in [3.8, 4) is 0 Å². The number of hydrogen-bond acceptors (Lipinski definition) is 5. The van der Waals surface area contributed by atoms with Gasteiger partial charge in [0.25, 0.3) is 0 Å². The van der Waals surface area contributed by atoms with Crippen LogP contribution >= 0.6 is 11.8 Å². The highest BCUT2D eigenvalue weighted by molar-refractivity contribution is 7.99. The molecule has 1 N–H and O–H groups in total. The van der Waals surface area contributed by atoms with Gasteiger partial charge in [-0.15, -0.1) is 10.2 Å². The molecule has 0 saturated heterocycles. The van der Waals surface area contributed by atoms with Gasteiger partial charge in [0.2, 0.25) is 11.8 Å². The Morgan fingerprint density at radius 3 is 2.67 bits per heavy atom. The van der Waals surface area contributed by atoms with E-state index in [4.69, 9.17) is 0 Å². The Hall–Kier alpha value is -3.13. The molecule has 3 aromatic rings. The summed E-state index contributed by atoms with van der Waals surface area (Å²) in [6.07, 6.45) is 0.944. The summed E-state index contributed by atoms with van der Waals surface area (Å²) >= 11 is 1.36. The lowest BCUT2D eigenvalue weighted by molar-refractivity contribution is -0.117. The molecule has 30 heavy (non-hydrogen) atoms. The van der Waals surface area contributed by atoms with Crippen molar-refractivity contribution in [2.75, 3.05) is 16.0 Å². The largest absolute Gasteiger partial charge is 0.324 e. The Morgan fingerprint density at radius 1 is 1.13 bits per heavy atom. The summed E-state index contributed by atoms with van der Waals surface area (Å²) in [4.78, 5) is 27.0. The fraction of sp³-hybridized carbons (Fsp3) is 0.273. The van der Waals surface area contributed by atoms with E-state index in [1.165, 1.54) is 11.8 Å². The molecule has 0 fully saturated rings. The third kappa shape index (κ3) is 4.23. The Balaban J connectivity index is 1.48. The topological polar surface area (TPSA) is 80.1 Å². The number of anilines is 2. The molecule has 1 aromatic heterocycles. The normalized spacial score (nSPS) is 16.0. The van der Waals surface area contributed by atoms with Crippen LogP contribution in [0.5, 0.6) is 0 Å². The summed E-state index contributed by atoms with van der Waals surface area (Å²) in [6, 6.07) is 17.3. The van der Waals surface area contributed by atoms with E-state index in [0.717, 1.165) is 17.1 Å². The molecule has 2 aromatic carbocycles. The lowest BCUT2D eigenvalue weighted by Crippen LogP contribution is -2.40. The van der Waals surface area contributed by atoms with Gasteiger partial charge >= 0.3 is 0 Å². The molecule has 1 atom stereocenters. The van der Waals surface area contributed by atoms with Crippen LogP contribution in [0.4, 0.5) is 11.4 Å². The fourth-order valence-corrected chi connectivity index (χ4v) is 4.36. The number of rotatable bonds is 5. The van der Waals surface area contributed by atoms with E-state index in [0.29, 0.717) is 17.3 Å². The molecule has 0 bridgehead atoms. The number of amides is 2. The van der Waals surface area contributed by atoms with Crippen LogP contribution in [0.15, 0.2) is 59.8 Å². The van der Waals surface area contributed by atoms with Crippen LogP contribution < -0.4 is 10.2 Å². The molecule has 0 unspecified atom stereocenters. The molecule has 8 heteroatoms. The number of hydrogen-bond donors (Lipinski definition) is 1. The molecule has 7 nitrogen and oxygen atoms in total. The van der Waals surface area contributed by atoms with Crippen molar-refractivity contribution in [2.45, 2.75) is 31.0 Å². The molecule has 1 aliphatic heterocycles. The summed E-state index contributed by atoms with van der Waals surface area (Å²) in [5, 5.41) is 12.1. The predicted molar refractivity (Wildman–Crippen MR) is 118 cm³/mol. The highest BCUT2D eigenvalue weighted by atomic mass is 32.2. The Kier molecular flexibility index (Phi) is 5.85. The lowest BCUT2D eigenvalue weighted by atomic mass is 10.1. The maximum absolute atomic E-state index is 13.1. The number of carbonyl (C=O) groups is 2. The second-order valence-electron chi connectivity index (χ2n) is 7.29. The van der Waals surface area contributed by atoms with Gasteiger partial charge in [0.1, 0.15) is 5.82 Å². The number of carbonyl (C=O) groups excluding carboxylic acids is 2. The average molecular weight is 422 g/mol. The van der Waals surface area contributed by atoms with E-state index >= 15 is 0 Å². The van der Waals surface area contributed by atoms with Crippen LogP contribution in [0.1, 0.15) is 24.7 Å². The predicted octanol–water partition coefficient (Wildman–Crippen LogP) is 3.26. The highest BCUT2D eigenvalue weighted by Crippen LogP contribution is 2.32. The van der Waals surface area contributed by atoms with Crippen LogP contribution in [-0.4, -0.2) is 38.4 Å². The Bertz CT molecular complexity index is 1070. The molecule has 0 aliphatic carbocycles. The van der Waals surface area contributed by atoms with Crippen molar-refractivity contribution >= 4 is 35.0 Å². The number of aromatic nitrogens is 3. The van der Waals surface area contributed by atoms with Gasteiger partial charge in [0, 0.05) is 25.9 Å². The van der Waals surface area contributed by atoms with Gasteiger partial charge in [-0.05, 0) is 24.6 Å². The molecular formula is C22H23N5O2S. The van der Waals surface area contributed by atoms with E-state index in [-0.39, 0.29) is 30.0 Å². The van der Waals surface area contributed by atoms with Crippen LogP contribution in [0.3, 0.4) is 0 Å². The van der Waals surface area contributed by atoms with Crippen LogP contribution in [0.25, 0.3) is 0 Å². The van der Waals surface area contributed by atoms with Crippen molar-refractivity contribution in [2.24, 2.45) is 7.05 Å². The lowest BCUT2D eigenvalue weighted by Gasteiger charge is -2.27. The van der Waals surface area contributed by atoms with Gasteiger partial charge in [-0.3, -0.25) is 9.59 Å². The summed E-state index contributed by atoms with van der Waals surface area (Å²) in [6.45, 7) is 1.89. The fourth-order valence-electron chi connectivity index (χ4n) is 3.57. The van der Waals surface area contributed by atoms with Crippen LogP contribution in [0.2, 0.25) is 0 Å². The maximum atomic E-state index is 13.1. The van der Waals surface area contributed by atoms with Crippen LogP contribution in [0, 0.1) is 0 Å². The van der Waals surface area contributed by atoms with E-state index in [1.807, 2.05) is 61.0 Å². The third-order valence-corrected chi connectivity index (χ3v) is 6.09. The molecular weight excluding hydrogens is 398 g/mol. The van der Waals surface area contributed by atoms with Crippen molar-refractivity contribution in [3.05, 3.63) is 66.0 Å². The van der Waals surface area contributed by atoms with Gasteiger partial charge < -0.3 is 14.8 Å². The van der Waals surface area contributed by atoms with E-state index in [1.54, 1.807) is 4.90 Å². The first-order valence-electron chi connectivity index (χ1n) is 9.79. The molecule has 1 aliphatic rings. The second-order valence-corrected chi connectivity index (χ2v) is 8.23. The zero-order chi connectivity index (χ0) is 21.1. The van der Waals surface area contributed by atoms with Gasteiger partial charge in [-0.25, -0.2) is 0 Å². The first-order valence-corrected chi connectivity index (χ1v) is 10.8. The quantitative estimate of drug-likeness (QED) is 0.640. The molecule has 0 radical (unpaired) electrons. The Labute approximate surface area is 179 Å². The minimum absolute atomic E-state index is 0.0657. The van der Waals surface area contributed by atoms with E-state index in [9.17, 15) is 9.59 Å². The number of thioether (sulfide) groups is 1. The van der Waals surface area contributed by atoms with Crippen molar-refractivity contribution in [1.29, 1.82) is 0 Å². The standard InChI is InChI=1S/C22H23N5O2S/c1-15-12-20(28)23-17-10-6-7-11-18(17)27(15)21(29)14-30-22-25-24-19(26(22)2)13-16-8-4-3-5-9-16/h3-11,15H,12-14H2,1-2H3,(H,23,28)/t15-/m1/s1. The minimum Gasteiger partial charge on any atom is -0.324 e. The zero-order valence-electron chi connectivity index (χ0n) is 16.9. The monoisotopic (exact) mass is 421 g/mol. The molecule has 2 amide bonds. The van der Waals surface area contributed by atoms with Crippen LogP contribution in [-0.2, 0) is 23.1 Å². The van der Waals surface area contributed by atoms with E-state index < -0.39 is 0 Å². The highest BCUT2D eigenvalue weighted by Gasteiger charge is 2.29. The maximum Gasteiger partial charge on any atom is 0.237 e. The zero-order valence-corrected chi connectivity index (χ0v) is 17.7. The summed E-state index contributed by atoms with van der Waals surface area (Å²) in [5.74, 6) is 0.907. The van der Waals surface area contributed by atoms with Gasteiger partial charge in [-0.1, -0.05) is 54.2 Å². The number of nitrogens with zero attached hydrogens (tertiary/aromatic N) is 4. The number of fused-ring (bicyclic) bond motifs is 1. The van der Waals surface area contributed by atoms with Gasteiger partial charge in [-0.2, -0.15) is 0 Å². The Morgan fingerprint density at radius 2 is 1.87 bits per heavy atom. The summed E-state index contributed by atoms with van der Waals surface area (Å²) in [7, 11) is 1.91. The average Bonchev–Trinajstić information content (AvgIpc) is 3.01. The van der Waals surface area contributed by atoms with E-state index in [2.05, 4.69) is 27.6 Å². The molecule has 0 spiro atoms. The van der Waals surface area contributed by atoms with Crippen molar-refractivity contribution in [1.82, 2.24) is 14.8 Å². The molecule has 2 heterocycles. The minimum atomic E-state index is -0.227. The first-order chi connectivity index (χ1) is 14.5. The van der Waals surface area contributed by atoms with Crippen molar-refractivity contribution in [3.63, 3.8) is 0 Å². The summed E-state index contributed by atoms with van der Waals surface area (Å²) < 4.78 is 1.93. The third-order valence-electron chi connectivity index (χ3n) is 5.08. The number of benzene rings is 2. The molecule has 4 rings (SSSR count). The van der Waals surface area contributed by atoms with Crippen molar-refractivity contribution < 1.29 is 9.59 Å². The van der Waals surface area contributed by atoms with Gasteiger partial charge in [0.05, 0.1) is 17.1 Å². The van der Waals surface area contributed by atoms with Gasteiger partial charge in [0.15, 0.2) is 5.16 Å².